The van der Waals surface area contributed by atoms with Crippen molar-refractivity contribution in [1.82, 2.24) is 14.9 Å². The Morgan fingerprint density at radius 2 is 2.18 bits per heavy atom. The quantitative estimate of drug-likeness (QED) is 0.407. The molecule has 1 aromatic rings. The Morgan fingerprint density at radius 3 is 2.82 bits per heavy atom. The number of fused-ring (bicyclic) bond motifs is 1. The number of anilines is 2. The van der Waals surface area contributed by atoms with E-state index in [0.717, 1.165) is 11.8 Å². The lowest BCUT2D eigenvalue weighted by Crippen LogP contribution is -2.68. The van der Waals surface area contributed by atoms with Crippen LogP contribution < -0.4 is 17.2 Å². The van der Waals surface area contributed by atoms with Crippen molar-refractivity contribution in [3.63, 3.8) is 0 Å². The van der Waals surface area contributed by atoms with E-state index in [9.17, 15) is 14.7 Å². The van der Waals surface area contributed by atoms with Crippen LogP contribution in [0.15, 0.2) is 21.7 Å². The lowest BCUT2D eigenvalue weighted by Gasteiger charge is -2.47. The minimum atomic E-state index is -1.18. The fourth-order valence-electron chi connectivity index (χ4n) is 2.21. The predicted molar refractivity (Wildman–Crippen MR) is 82.4 cm³/mol. The predicted octanol–water partition coefficient (Wildman–Crippen LogP) is -0.728. The van der Waals surface area contributed by atoms with Gasteiger partial charge in [-0.25, -0.2) is 9.78 Å². The number of amides is 1. The van der Waals surface area contributed by atoms with Crippen molar-refractivity contribution in [1.29, 1.82) is 0 Å². The van der Waals surface area contributed by atoms with Gasteiger partial charge in [0.1, 0.15) is 28.0 Å². The summed E-state index contributed by atoms with van der Waals surface area (Å²) in [6.07, 6.45) is 0. The van der Waals surface area contributed by atoms with Gasteiger partial charge in [-0.3, -0.25) is 9.69 Å². The van der Waals surface area contributed by atoms with Gasteiger partial charge in [0, 0.05) is 16.7 Å². The Bertz CT molecular complexity index is 689. The number of carboxylic acids is 1. The number of hydrogen-bond donors (Lipinski definition) is 4. The summed E-state index contributed by atoms with van der Waals surface area (Å²) < 4.78 is 0. The number of nitrogen functional groups attached to an aromatic ring is 2. The number of rotatable bonds is 3. The molecule has 0 spiro atoms. The first-order chi connectivity index (χ1) is 10.4. The third-order valence-electron chi connectivity index (χ3n) is 3.14. The molecule has 22 heavy (non-hydrogen) atoms. The Hall–Kier alpha value is -1.98. The number of aromatic nitrogens is 2. The van der Waals surface area contributed by atoms with E-state index in [1.54, 1.807) is 0 Å². The lowest BCUT2D eigenvalue weighted by molar-refractivity contribution is -0.147. The summed E-state index contributed by atoms with van der Waals surface area (Å²) in [5.74, 6) is -0.963. The van der Waals surface area contributed by atoms with Crippen LogP contribution in [0.1, 0.15) is 0 Å². The first kappa shape index (κ1) is 14.9. The zero-order chi connectivity index (χ0) is 16.0. The molecule has 2 atom stereocenters. The first-order valence-electron chi connectivity index (χ1n) is 6.13. The summed E-state index contributed by atoms with van der Waals surface area (Å²) in [5, 5.41) is 9.52. The van der Waals surface area contributed by atoms with Crippen molar-refractivity contribution in [3.8, 4) is 0 Å². The average molecular weight is 340 g/mol. The van der Waals surface area contributed by atoms with E-state index in [2.05, 4.69) is 9.97 Å². The van der Waals surface area contributed by atoms with Gasteiger partial charge in [0.05, 0.1) is 0 Å². The third-order valence-corrected chi connectivity index (χ3v) is 5.63. The second-order valence-corrected chi connectivity index (χ2v) is 6.82. The number of aliphatic carboxylic acids is 1. The maximum absolute atomic E-state index is 11.8. The summed E-state index contributed by atoms with van der Waals surface area (Å²) in [6.45, 7) is 0. The summed E-state index contributed by atoms with van der Waals surface area (Å²) in [7, 11) is 0. The van der Waals surface area contributed by atoms with Crippen molar-refractivity contribution in [2.45, 2.75) is 16.4 Å². The summed E-state index contributed by atoms with van der Waals surface area (Å²) in [4.78, 5) is 32.8. The van der Waals surface area contributed by atoms with Gasteiger partial charge >= 0.3 is 5.97 Å². The van der Waals surface area contributed by atoms with Crippen LogP contribution in [-0.2, 0) is 9.59 Å². The molecule has 1 aromatic heterocycles. The molecule has 116 valence electrons. The average Bonchev–Trinajstić information content (AvgIpc) is 2.44. The van der Waals surface area contributed by atoms with Gasteiger partial charge < -0.3 is 22.3 Å². The molecular weight excluding hydrogens is 328 g/mol. The third kappa shape index (κ3) is 2.36. The highest BCUT2D eigenvalue weighted by atomic mass is 32.2. The second kappa shape index (κ2) is 5.34. The topological polar surface area (TPSA) is 161 Å². The Kier molecular flexibility index (Phi) is 3.62. The maximum Gasteiger partial charge on any atom is 0.353 e. The number of hydrogen-bond acceptors (Lipinski definition) is 9. The van der Waals surface area contributed by atoms with Gasteiger partial charge in [0.15, 0.2) is 0 Å². The molecule has 0 aromatic carbocycles. The molecule has 2 unspecified atom stereocenters. The summed E-state index contributed by atoms with van der Waals surface area (Å²) in [5.41, 5.74) is 16.8. The van der Waals surface area contributed by atoms with E-state index < -0.39 is 17.9 Å². The zero-order valence-electron chi connectivity index (χ0n) is 11.1. The number of nitrogens with zero attached hydrogens (tertiary/aromatic N) is 3. The highest BCUT2D eigenvalue weighted by molar-refractivity contribution is 8.06. The van der Waals surface area contributed by atoms with Crippen molar-refractivity contribution >= 4 is 47.2 Å². The van der Waals surface area contributed by atoms with Gasteiger partial charge in [-0.2, -0.15) is 4.98 Å². The molecule has 1 amide bonds. The highest BCUT2D eigenvalue weighted by Gasteiger charge is 2.51. The molecule has 0 radical (unpaired) electrons. The SMILES string of the molecule is Nc1cc(SC2=C(C(=O)O)N3C(=O)C(N)C3SC2)nc(N)n1. The van der Waals surface area contributed by atoms with Crippen LogP contribution in [0.5, 0.6) is 0 Å². The molecule has 1 saturated heterocycles. The Labute approximate surface area is 133 Å². The largest absolute Gasteiger partial charge is 0.477 e. The highest BCUT2D eigenvalue weighted by Crippen LogP contribution is 2.44. The van der Waals surface area contributed by atoms with Crippen LogP contribution in [-0.4, -0.2) is 49.0 Å². The van der Waals surface area contributed by atoms with Gasteiger partial charge in [0.2, 0.25) is 11.9 Å². The fraction of sp³-hybridized carbons (Fsp3) is 0.273. The number of nitrogens with two attached hydrogens (primary N) is 3. The molecule has 9 nitrogen and oxygen atoms in total. The molecule has 11 heteroatoms. The first-order valence-corrected chi connectivity index (χ1v) is 7.99. The van der Waals surface area contributed by atoms with E-state index >= 15 is 0 Å². The van der Waals surface area contributed by atoms with Gasteiger partial charge in [0.25, 0.3) is 0 Å². The molecule has 3 rings (SSSR count). The molecular formula is C11H12N6O3S2. The Morgan fingerprint density at radius 1 is 1.45 bits per heavy atom. The van der Waals surface area contributed by atoms with Crippen LogP contribution in [0.25, 0.3) is 0 Å². The van der Waals surface area contributed by atoms with Gasteiger partial charge in [-0.15, -0.1) is 11.8 Å². The monoisotopic (exact) mass is 340 g/mol. The normalized spacial score (nSPS) is 24.0. The van der Waals surface area contributed by atoms with E-state index in [4.69, 9.17) is 17.2 Å². The Balaban J connectivity index is 1.96. The number of thioether (sulfide) groups is 2. The van der Waals surface area contributed by atoms with Gasteiger partial charge in [-0.05, 0) is 0 Å². The van der Waals surface area contributed by atoms with Crippen LogP contribution in [0.4, 0.5) is 11.8 Å². The summed E-state index contributed by atoms with van der Waals surface area (Å²) >= 11 is 2.52. The number of carboxylic acid groups (broad SMARTS) is 1. The maximum atomic E-state index is 11.8. The van der Waals surface area contributed by atoms with E-state index in [0.29, 0.717) is 15.7 Å². The van der Waals surface area contributed by atoms with E-state index in [1.807, 2.05) is 0 Å². The minimum absolute atomic E-state index is 0.00311. The fourth-order valence-corrected chi connectivity index (χ4v) is 4.64. The van der Waals surface area contributed by atoms with Crippen LogP contribution in [0.3, 0.4) is 0 Å². The van der Waals surface area contributed by atoms with Crippen molar-refractivity contribution in [2.24, 2.45) is 5.73 Å². The van der Waals surface area contributed by atoms with Crippen LogP contribution >= 0.6 is 23.5 Å². The van der Waals surface area contributed by atoms with E-state index in [1.165, 1.54) is 22.7 Å². The van der Waals surface area contributed by atoms with Gasteiger partial charge in [-0.1, -0.05) is 11.8 Å². The van der Waals surface area contributed by atoms with Crippen molar-refractivity contribution in [2.75, 3.05) is 17.2 Å². The molecule has 2 aliphatic rings. The van der Waals surface area contributed by atoms with Crippen molar-refractivity contribution < 1.29 is 14.7 Å². The lowest BCUT2D eigenvalue weighted by atomic mass is 10.1. The van der Waals surface area contributed by atoms with E-state index in [-0.39, 0.29) is 22.8 Å². The van der Waals surface area contributed by atoms with Crippen molar-refractivity contribution in [3.05, 3.63) is 16.7 Å². The minimum Gasteiger partial charge on any atom is -0.477 e. The van der Waals surface area contributed by atoms with Crippen LogP contribution in [0, 0.1) is 0 Å². The molecule has 1 fully saturated rings. The number of β-lactam (4-membered cyclic amide) rings is 1. The molecule has 3 heterocycles. The molecule has 7 N–H and O–H groups in total. The molecule has 0 bridgehead atoms. The number of carbonyl (C=O) groups excluding carboxylic acids is 1. The van der Waals surface area contributed by atoms with Crippen LogP contribution in [0.2, 0.25) is 0 Å². The number of carbonyl (C=O) groups is 2. The zero-order valence-corrected chi connectivity index (χ0v) is 12.7. The summed E-state index contributed by atoms with van der Waals surface area (Å²) in [6, 6.07) is 0.838. The molecule has 0 saturated carbocycles. The smallest absolute Gasteiger partial charge is 0.353 e. The molecule has 2 aliphatic heterocycles. The standard InChI is InChI=1S/C11H12N6O3S2/c12-4-1-5(16-11(14)15-4)22-3-2-21-9-6(13)8(18)17(9)7(3)10(19)20/h1,6,9H,2,13H2,(H,19,20)(H4,12,14,15,16). The molecule has 0 aliphatic carbocycles. The second-order valence-electron chi connectivity index (χ2n) is 4.60.